The second-order valence-electron chi connectivity index (χ2n) is 5.20. The van der Waals surface area contributed by atoms with Crippen molar-refractivity contribution in [2.24, 2.45) is 0 Å². The zero-order valence-corrected chi connectivity index (χ0v) is 13.8. The predicted molar refractivity (Wildman–Crippen MR) is 88.4 cm³/mol. The van der Waals surface area contributed by atoms with Gasteiger partial charge in [0.25, 0.3) is 0 Å². The lowest BCUT2D eigenvalue weighted by molar-refractivity contribution is -0.386. The number of ether oxygens (including phenoxy) is 2. The number of aryl methyl sites for hydroxylation is 2. The Morgan fingerprint density at radius 1 is 1.16 bits per heavy atom. The molecule has 128 valence electrons. The number of nitro groups is 1. The van der Waals surface area contributed by atoms with Gasteiger partial charge in [0.15, 0.2) is 11.5 Å². The normalized spacial score (nSPS) is 10.5. The van der Waals surface area contributed by atoms with Crippen molar-refractivity contribution in [3.05, 3.63) is 58.2 Å². The fourth-order valence-corrected chi connectivity index (χ4v) is 2.39. The summed E-state index contributed by atoms with van der Waals surface area (Å²) in [6.45, 7) is 3.58. The van der Waals surface area contributed by atoms with E-state index in [2.05, 4.69) is 15.1 Å². The van der Waals surface area contributed by atoms with Crippen LogP contribution in [0.3, 0.4) is 0 Å². The molecule has 0 atom stereocenters. The van der Waals surface area contributed by atoms with Crippen LogP contribution in [0, 0.1) is 24.0 Å². The molecule has 9 heteroatoms. The Morgan fingerprint density at radius 2 is 1.88 bits per heavy atom. The SMILES string of the molecule is COc1ccccc1Oc1ncnc(-n2nc(C)cc2C)c1[N+](=O)[O-]. The van der Waals surface area contributed by atoms with Crippen LogP contribution in [0.2, 0.25) is 0 Å². The first-order chi connectivity index (χ1) is 12.0. The molecule has 0 aliphatic rings. The van der Waals surface area contributed by atoms with Gasteiger partial charge in [-0.05, 0) is 32.0 Å². The van der Waals surface area contributed by atoms with Crippen molar-refractivity contribution in [3.63, 3.8) is 0 Å². The Balaban J connectivity index is 2.13. The third-order valence-electron chi connectivity index (χ3n) is 3.44. The van der Waals surface area contributed by atoms with Crippen LogP contribution in [-0.4, -0.2) is 31.8 Å². The van der Waals surface area contributed by atoms with Crippen molar-refractivity contribution in [2.75, 3.05) is 7.11 Å². The zero-order valence-electron chi connectivity index (χ0n) is 13.8. The van der Waals surface area contributed by atoms with Crippen LogP contribution in [0.1, 0.15) is 11.4 Å². The zero-order chi connectivity index (χ0) is 18.0. The molecule has 2 aromatic heterocycles. The van der Waals surface area contributed by atoms with Gasteiger partial charge >= 0.3 is 11.6 Å². The van der Waals surface area contributed by atoms with Gasteiger partial charge in [0.1, 0.15) is 6.33 Å². The second kappa shape index (κ2) is 6.56. The van der Waals surface area contributed by atoms with E-state index in [1.807, 2.05) is 0 Å². The topological polar surface area (TPSA) is 105 Å². The first-order valence-corrected chi connectivity index (χ1v) is 7.35. The summed E-state index contributed by atoms with van der Waals surface area (Å²) in [5.41, 5.74) is 1.06. The average Bonchev–Trinajstić information content (AvgIpc) is 2.93. The van der Waals surface area contributed by atoms with Crippen LogP contribution in [0.5, 0.6) is 17.4 Å². The Bertz CT molecular complexity index is 938. The quantitative estimate of drug-likeness (QED) is 0.519. The van der Waals surface area contributed by atoms with Crippen LogP contribution in [-0.2, 0) is 0 Å². The molecule has 0 saturated carbocycles. The summed E-state index contributed by atoms with van der Waals surface area (Å²) in [4.78, 5) is 19.0. The van der Waals surface area contributed by atoms with E-state index >= 15 is 0 Å². The highest BCUT2D eigenvalue weighted by molar-refractivity contribution is 5.56. The smallest absolute Gasteiger partial charge is 0.375 e. The standard InChI is InChI=1S/C16H15N5O4/c1-10-8-11(2)20(19-10)15-14(21(22)23)16(18-9-17-15)25-13-7-5-4-6-12(13)24-3/h4-9H,1-3H3. The summed E-state index contributed by atoms with van der Waals surface area (Å²) in [5.74, 6) is 0.594. The number of hydrogen-bond acceptors (Lipinski definition) is 7. The van der Waals surface area contributed by atoms with Gasteiger partial charge in [0.05, 0.1) is 17.7 Å². The van der Waals surface area contributed by atoms with E-state index in [0.717, 1.165) is 5.69 Å². The van der Waals surface area contributed by atoms with Crippen LogP contribution < -0.4 is 9.47 Å². The Labute approximate surface area is 143 Å². The summed E-state index contributed by atoms with van der Waals surface area (Å²) in [6.07, 6.45) is 1.20. The van der Waals surface area contributed by atoms with Gasteiger partial charge in [-0.25, -0.2) is 9.67 Å². The van der Waals surface area contributed by atoms with Crippen molar-refractivity contribution < 1.29 is 14.4 Å². The Morgan fingerprint density at radius 3 is 2.48 bits per heavy atom. The third-order valence-corrected chi connectivity index (χ3v) is 3.44. The van der Waals surface area contributed by atoms with E-state index in [1.165, 1.54) is 18.1 Å². The van der Waals surface area contributed by atoms with E-state index in [0.29, 0.717) is 17.2 Å². The maximum Gasteiger partial charge on any atom is 0.375 e. The maximum atomic E-state index is 11.7. The Hall–Kier alpha value is -3.49. The molecular formula is C16H15N5O4. The van der Waals surface area contributed by atoms with Crippen LogP contribution in [0.4, 0.5) is 5.69 Å². The monoisotopic (exact) mass is 341 g/mol. The first kappa shape index (κ1) is 16.4. The fourth-order valence-electron chi connectivity index (χ4n) is 2.39. The van der Waals surface area contributed by atoms with Gasteiger partial charge in [0, 0.05) is 5.69 Å². The number of nitrogens with zero attached hydrogens (tertiary/aromatic N) is 5. The molecular weight excluding hydrogens is 326 g/mol. The van der Waals surface area contributed by atoms with Gasteiger partial charge in [-0.3, -0.25) is 10.1 Å². The number of hydrogen-bond donors (Lipinski definition) is 0. The van der Waals surface area contributed by atoms with Crippen LogP contribution >= 0.6 is 0 Å². The van der Waals surface area contributed by atoms with Crippen LogP contribution in [0.15, 0.2) is 36.7 Å². The summed E-state index contributed by atoms with van der Waals surface area (Å²) < 4.78 is 12.2. The molecule has 0 aliphatic carbocycles. The Kier molecular flexibility index (Phi) is 4.29. The van der Waals surface area contributed by atoms with Crippen molar-refractivity contribution in [1.29, 1.82) is 0 Å². The molecule has 9 nitrogen and oxygen atoms in total. The molecule has 0 saturated heterocycles. The number of benzene rings is 1. The van der Waals surface area contributed by atoms with Gasteiger partial charge < -0.3 is 9.47 Å². The summed E-state index contributed by atoms with van der Waals surface area (Å²) in [7, 11) is 1.48. The number of methoxy groups -OCH3 is 1. The van der Waals surface area contributed by atoms with Gasteiger partial charge in [-0.2, -0.15) is 10.1 Å². The van der Waals surface area contributed by atoms with Crippen molar-refractivity contribution in [3.8, 4) is 23.2 Å². The fraction of sp³-hybridized carbons (Fsp3) is 0.188. The van der Waals surface area contributed by atoms with Crippen molar-refractivity contribution in [1.82, 2.24) is 19.7 Å². The average molecular weight is 341 g/mol. The van der Waals surface area contributed by atoms with E-state index < -0.39 is 4.92 Å². The minimum absolute atomic E-state index is 0.0375. The molecule has 0 fully saturated rings. The van der Waals surface area contributed by atoms with Gasteiger partial charge in [-0.1, -0.05) is 12.1 Å². The summed E-state index contributed by atoms with van der Waals surface area (Å²) in [5, 5.41) is 15.9. The molecule has 0 radical (unpaired) electrons. The lowest BCUT2D eigenvalue weighted by atomic mass is 10.3. The van der Waals surface area contributed by atoms with Crippen molar-refractivity contribution >= 4 is 5.69 Å². The molecule has 0 N–H and O–H groups in total. The molecule has 0 amide bonds. The highest BCUT2D eigenvalue weighted by Gasteiger charge is 2.28. The molecule has 2 heterocycles. The molecule has 3 rings (SSSR count). The minimum Gasteiger partial charge on any atom is -0.493 e. The summed E-state index contributed by atoms with van der Waals surface area (Å²) in [6, 6.07) is 8.61. The molecule has 0 aliphatic heterocycles. The first-order valence-electron chi connectivity index (χ1n) is 7.35. The molecule has 0 spiro atoms. The van der Waals surface area contributed by atoms with Gasteiger partial charge in [0.2, 0.25) is 5.82 Å². The molecule has 25 heavy (non-hydrogen) atoms. The van der Waals surface area contributed by atoms with E-state index in [4.69, 9.17) is 9.47 Å². The highest BCUT2D eigenvalue weighted by atomic mass is 16.6. The van der Waals surface area contributed by atoms with Gasteiger partial charge in [-0.15, -0.1) is 0 Å². The molecule has 1 aromatic carbocycles. The molecule has 3 aromatic rings. The molecule has 0 bridgehead atoms. The molecule has 0 unspecified atom stereocenters. The van der Waals surface area contributed by atoms with E-state index in [9.17, 15) is 10.1 Å². The number of rotatable bonds is 5. The number of para-hydroxylation sites is 2. The second-order valence-corrected chi connectivity index (χ2v) is 5.20. The third kappa shape index (κ3) is 3.11. The lowest BCUT2D eigenvalue weighted by Crippen LogP contribution is -2.08. The largest absolute Gasteiger partial charge is 0.493 e. The lowest BCUT2D eigenvalue weighted by Gasteiger charge is -2.11. The minimum atomic E-state index is -0.587. The maximum absolute atomic E-state index is 11.7. The predicted octanol–water partition coefficient (Wildman–Crippen LogP) is 2.99. The van der Waals surface area contributed by atoms with Crippen LogP contribution in [0.25, 0.3) is 5.82 Å². The summed E-state index contributed by atoms with van der Waals surface area (Å²) >= 11 is 0. The van der Waals surface area contributed by atoms with Crippen molar-refractivity contribution in [2.45, 2.75) is 13.8 Å². The number of aromatic nitrogens is 4. The van der Waals surface area contributed by atoms with E-state index in [-0.39, 0.29) is 17.4 Å². The van der Waals surface area contributed by atoms with E-state index in [1.54, 1.807) is 44.2 Å². The highest BCUT2D eigenvalue weighted by Crippen LogP contribution is 2.36.